The van der Waals surface area contributed by atoms with Crippen LogP contribution in [0, 0.1) is 5.41 Å². The van der Waals surface area contributed by atoms with Crippen molar-refractivity contribution in [3.8, 4) is 5.75 Å². The second-order valence-electron chi connectivity index (χ2n) is 7.01. The van der Waals surface area contributed by atoms with E-state index in [0.717, 1.165) is 18.6 Å². The molecular formula is C17H28O. The van der Waals surface area contributed by atoms with Crippen LogP contribution in [0.25, 0.3) is 0 Å². The zero-order chi connectivity index (χ0) is 14.0. The molecule has 0 amide bonds. The van der Waals surface area contributed by atoms with Crippen LogP contribution in [0.5, 0.6) is 5.75 Å². The summed E-state index contributed by atoms with van der Waals surface area (Å²) in [6, 6.07) is 6.64. The van der Waals surface area contributed by atoms with Crippen LogP contribution in [-0.2, 0) is 11.8 Å². The Bertz CT molecular complexity index is 397. The van der Waals surface area contributed by atoms with E-state index in [2.05, 4.69) is 59.7 Å². The van der Waals surface area contributed by atoms with Gasteiger partial charge in [-0.15, -0.1) is 0 Å². The lowest BCUT2D eigenvalue weighted by atomic mass is 9.72. The van der Waals surface area contributed by atoms with Crippen molar-refractivity contribution < 1.29 is 4.74 Å². The molecule has 1 rings (SSSR count). The zero-order valence-corrected chi connectivity index (χ0v) is 13.1. The van der Waals surface area contributed by atoms with Gasteiger partial charge in [-0.2, -0.15) is 0 Å². The Kier molecular flexibility index (Phi) is 4.47. The largest absolute Gasteiger partial charge is 0.496 e. The molecule has 0 heterocycles. The lowest BCUT2D eigenvalue weighted by molar-refractivity contribution is 0.277. The molecule has 0 atom stereocenters. The van der Waals surface area contributed by atoms with Gasteiger partial charge in [0.15, 0.2) is 0 Å². The fourth-order valence-corrected chi connectivity index (χ4v) is 2.94. The second-order valence-corrected chi connectivity index (χ2v) is 7.01. The van der Waals surface area contributed by atoms with Crippen molar-refractivity contribution in [3.63, 3.8) is 0 Å². The first-order valence-electron chi connectivity index (χ1n) is 6.87. The van der Waals surface area contributed by atoms with Gasteiger partial charge in [0.2, 0.25) is 0 Å². The van der Waals surface area contributed by atoms with Gasteiger partial charge in [0, 0.05) is 0 Å². The van der Waals surface area contributed by atoms with E-state index >= 15 is 0 Å². The zero-order valence-electron chi connectivity index (χ0n) is 13.1. The molecule has 0 saturated heterocycles. The highest BCUT2D eigenvalue weighted by Crippen LogP contribution is 2.40. The van der Waals surface area contributed by atoms with Gasteiger partial charge in [0.25, 0.3) is 0 Å². The van der Waals surface area contributed by atoms with E-state index in [-0.39, 0.29) is 5.41 Å². The van der Waals surface area contributed by atoms with Gasteiger partial charge in [0.1, 0.15) is 5.75 Å². The maximum atomic E-state index is 5.59. The number of benzene rings is 1. The van der Waals surface area contributed by atoms with E-state index < -0.39 is 0 Å². The Balaban J connectivity index is 3.15. The number of hydrogen-bond acceptors (Lipinski definition) is 1. The van der Waals surface area contributed by atoms with Crippen LogP contribution < -0.4 is 4.74 Å². The summed E-state index contributed by atoms with van der Waals surface area (Å²) >= 11 is 0. The average Bonchev–Trinajstić information content (AvgIpc) is 2.24. The van der Waals surface area contributed by atoms with Crippen LogP contribution in [0.4, 0.5) is 0 Å². The molecule has 0 unspecified atom stereocenters. The fourth-order valence-electron chi connectivity index (χ4n) is 2.94. The predicted molar refractivity (Wildman–Crippen MR) is 79.5 cm³/mol. The summed E-state index contributed by atoms with van der Waals surface area (Å²) in [7, 11) is 1.77. The standard InChI is InChI=1S/C17H28O/c1-8-13-9-10-14(15(11-13)18-7)17(5,6)12-16(2,3)4/h9-11H,8,12H2,1-7H3. The smallest absolute Gasteiger partial charge is 0.122 e. The van der Waals surface area contributed by atoms with Crippen molar-refractivity contribution in [2.45, 2.75) is 59.8 Å². The predicted octanol–water partition coefficient (Wildman–Crippen LogP) is 4.97. The number of rotatable bonds is 4. The van der Waals surface area contributed by atoms with E-state index in [4.69, 9.17) is 4.74 Å². The minimum Gasteiger partial charge on any atom is -0.496 e. The maximum Gasteiger partial charge on any atom is 0.122 e. The summed E-state index contributed by atoms with van der Waals surface area (Å²) in [6.45, 7) is 13.7. The third-order valence-electron chi connectivity index (χ3n) is 3.38. The first-order chi connectivity index (χ1) is 8.19. The fraction of sp³-hybridized carbons (Fsp3) is 0.647. The number of methoxy groups -OCH3 is 1. The van der Waals surface area contributed by atoms with Crippen LogP contribution in [0.3, 0.4) is 0 Å². The quantitative estimate of drug-likeness (QED) is 0.731. The first kappa shape index (κ1) is 15.1. The van der Waals surface area contributed by atoms with Crippen LogP contribution >= 0.6 is 0 Å². The molecule has 0 spiro atoms. The van der Waals surface area contributed by atoms with Crippen molar-refractivity contribution in [2.75, 3.05) is 7.11 Å². The third-order valence-corrected chi connectivity index (χ3v) is 3.38. The summed E-state index contributed by atoms with van der Waals surface area (Å²) in [5.74, 6) is 1.03. The summed E-state index contributed by atoms with van der Waals surface area (Å²) < 4.78 is 5.59. The lowest BCUT2D eigenvalue weighted by Crippen LogP contribution is -2.25. The molecule has 1 aromatic carbocycles. The molecule has 0 aromatic heterocycles. The van der Waals surface area contributed by atoms with E-state index in [9.17, 15) is 0 Å². The number of ether oxygens (including phenoxy) is 1. The molecule has 1 heteroatoms. The maximum absolute atomic E-state index is 5.59. The second kappa shape index (κ2) is 5.34. The Morgan fingerprint density at radius 1 is 1.06 bits per heavy atom. The summed E-state index contributed by atoms with van der Waals surface area (Å²) in [4.78, 5) is 0. The van der Waals surface area contributed by atoms with E-state index in [0.29, 0.717) is 5.41 Å². The Labute approximate surface area is 113 Å². The third kappa shape index (κ3) is 3.76. The summed E-state index contributed by atoms with van der Waals surface area (Å²) in [5.41, 5.74) is 3.10. The molecular weight excluding hydrogens is 220 g/mol. The highest BCUT2D eigenvalue weighted by Gasteiger charge is 2.29. The number of hydrogen-bond donors (Lipinski definition) is 0. The van der Waals surface area contributed by atoms with Gasteiger partial charge < -0.3 is 4.74 Å². The van der Waals surface area contributed by atoms with Crippen molar-refractivity contribution in [1.82, 2.24) is 0 Å². The van der Waals surface area contributed by atoms with E-state index in [1.807, 2.05) is 0 Å². The van der Waals surface area contributed by atoms with Gasteiger partial charge in [-0.25, -0.2) is 0 Å². The van der Waals surface area contributed by atoms with E-state index in [1.165, 1.54) is 11.1 Å². The molecule has 102 valence electrons. The van der Waals surface area contributed by atoms with Crippen LogP contribution in [0.1, 0.15) is 59.1 Å². The topological polar surface area (TPSA) is 9.23 Å². The van der Waals surface area contributed by atoms with Gasteiger partial charge in [-0.1, -0.05) is 53.7 Å². The van der Waals surface area contributed by atoms with Gasteiger partial charge in [0.05, 0.1) is 7.11 Å². The molecule has 0 fully saturated rings. The summed E-state index contributed by atoms with van der Waals surface area (Å²) in [5, 5.41) is 0. The molecule has 0 N–H and O–H groups in total. The molecule has 1 nitrogen and oxygen atoms in total. The molecule has 0 bridgehead atoms. The minimum atomic E-state index is 0.135. The monoisotopic (exact) mass is 248 g/mol. The normalized spacial score (nSPS) is 12.6. The van der Waals surface area contributed by atoms with Crippen molar-refractivity contribution >= 4 is 0 Å². The average molecular weight is 248 g/mol. The Morgan fingerprint density at radius 2 is 1.67 bits per heavy atom. The van der Waals surface area contributed by atoms with Crippen LogP contribution in [0.15, 0.2) is 18.2 Å². The highest BCUT2D eigenvalue weighted by atomic mass is 16.5. The molecule has 0 radical (unpaired) electrons. The van der Waals surface area contributed by atoms with Gasteiger partial charge >= 0.3 is 0 Å². The highest BCUT2D eigenvalue weighted by molar-refractivity contribution is 5.42. The molecule has 0 aliphatic carbocycles. The molecule has 0 aliphatic heterocycles. The van der Waals surface area contributed by atoms with Gasteiger partial charge in [-0.05, 0) is 40.9 Å². The van der Waals surface area contributed by atoms with Crippen molar-refractivity contribution in [2.24, 2.45) is 5.41 Å². The summed E-state index contributed by atoms with van der Waals surface area (Å²) in [6.07, 6.45) is 2.19. The van der Waals surface area contributed by atoms with Crippen LogP contribution in [0.2, 0.25) is 0 Å². The van der Waals surface area contributed by atoms with Crippen molar-refractivity contribution in [3.05, 3.63) is 29.3 Å². The van der Waals surface area contributed by atoms with Crippen molar-refractivity contribution in [1.29, 1.82) is 0 Å². The minimum absolute atomic E-state index is 0.135. The first-order valence-corrected chi connectivity index (χ1v) is 6.87. The SMILES string of the molecule is CCc1ccc(C(C)(C)CC(C)(C)C)c(OC)c1. The van der Waals surface area contributed by atoms with E-state index in [1.54, 1.807) is 7.11 Å². The molecule has 0 aliphatic rings. The molecule has 1 aromatic rings. The lowest BCUT2D eigenvalue weighted by Gasteiger charge is -2.34. The number of aryl methyl sites for hydroxylation is 1. The van der Waals surface area contributed by atoms with Crippen LogP contribution in [-0.4, -0.2) is 7.11 Å². The van der Waals surface area contributed by atoms with Gasteiger partial charge in [-0.3, -0.25) is 0 Å². The Hall–Kier alpha value is -0.980. The molecule has 0 saturated carbocycles. The Morgan fingerprint density at radius 3 is 2.11 bits per heavy atom. The molecule has 18 heavy (non-hydrogen) atoms.